The SMILES string of the molecule is O=C(NCc1ccc(C(F)(F)F)cc1)[C@@H]1CC[C@@H](N2CCOCC2)C[C@H]1c1ccc(Br)cc1.O=C(O)C(F)(F)F. The zero-order valence-electron chi connectivity index (χ0n) is 21.3. The Labute approximate surface area is 235 Å². The van der Waals surface area contributed by atoms with Crippen LogP contribution >= 0.6 is 15.9 Å². The molecule has 2 aromatic carbocycles. The molecule has 1 heterocycles. The van der Waals surface area contributed by atoms with Crippen LogP contribution in [-0.2, 0) is 27.0 Å². The topological polar surface area (TPSA) is 78.9 Å². The van der Waals surface area contributed by atoms with E-state index in [1.165, 1.54) is 12.1 Å². The van der Waals surface area contributed by atoms with E-state index < -0.39 is 23.9 Å². The van der Waals surface area contributed by atoms with E-state index in [9.17, 15) is 31.1 Å². The third-order valence-electron chi connectivity index (χ3n) is 7.01. The Morgan fingerprint density at radius 3 is 2.05 bits per heavy atom. The van der Waals surface area contributed by atoms with Crippen molar-refractivity contribution >= 4 is 27.8 Å². The largest absolute Gasteiger partial charge is 0.490 e. The fraction of sp³-hybridized carbons (Fsp3) is 0.481. The lowest BCUT2D eigenvalue weighted by atomic mass is 9.72. The molecule has 2 fully saturated rings. The second-order valence-corrected chi connectivity index (χ2v) is 10.5. The van der Waals surface area contributed by atoms with Gasteiger partial charge in [0.1, 0.15) is 0 Å². The van der Waals surface area contributed by atoms with Gasteiger partial charge in [-0.25, -0.2) is 4.79 Å². The number of alkyl halides is 6. The Balaban J connectivity index is 0.000000559. The van der Waals surface area contributed by atoms with Crippen molar-refractivity contribution in [3.63, 3.8) is 0 Å². The number of nitrogens with zero attached hydrogens (tertiary/aromatic N) is 1. The summed E-state index contributed by atoms with van der Waals surface area (Å²) in [5.41, 5.74) is 1.11. The highest BCUT2D eigenvalue weighted by Gasteiger charge is 2.39. The van der Waals surface area contributed by atoms with Gasteiger partial charge in [-0.3, -0.25) is 9.69 Å². The van der Waals surface area contributed by atoms with Crippen molar-refractivity contribution in [2.75, 3.05) is 26.3 Å². The lowest BCUT2D eigenvalue weighted by molar-refractivity contribution is -0.192. The zero-order valence-corrected chi connectivity index (χ0v) is 22.9. The summed E-state index contributed by atoms with van der Waals surface area (Å²) in [6.45, 7) is 3.55. The second-order valence-electron chi connectivity index (χ2n) is 9.60. The van der Waals surface area contributed by atoms with E-state index in [4.69, 9.17) is 14.6 Å². The van der Waals surface area contributed by atoms with Gasteiger partial charge in [-0.15, -0.1) is 0 Å². The third-order valence-corrected chi connectivity index (χ3v) is 7.54. The molecule has 1 amide bonds. The first-order valence-corrected chi connectivity index (χ1v) is 13.4. The first-order chi connectivity index (χ1) is 18.8. The molecule has 2 aliphatic rings. The summed E-state index contributed by atoms with van der Waals surface area (Å²) in [5, 5.41) is 10.1. The van der Waals surface area contributed by atoms with Crippen LogP contribution in [0, 0.1) is 5.92 Å². The number of hydrogen-bond acceptors (Lipinski definition) is 4. The number of carbonyl (C=O) groups excluding carboxylic acids is 1. The number of carbonyl (C=O) groups is 2. The van der Waals surface area contributed by atoms with Gasteiger partial charge in [-0.2, -0.15) is 26.3 Å². The molecule has 0 aromatic heterocycles. The van der Waals surface area contributed by atoms with Gasteiger partial charge in [0.2, 0.25) is 5.91 Å². The molecule has 1 aliphatic carbocycles. The molecule has 2 N–H and O–H groups in total. The van der Waals surface area contributed by atoms with Gasteiger partial charge in [-0.1, -0.05) is 40.2 Å². The van der Waals surface area contributed by atoms with Gasteiger partial charge in [0.05, 0.1) is 18.8 Å². The van der Waals surface area contributed by atoms with Crippen molar-refractivity contribution in [2.24, 2.45) is 5.92 Å². The number of amides is 1. The molecule has 1 saturated carbocycles. The Morgan fingerprint density at radius 1 is 0.950 bits per heavy atom. The van der Waals surface area contributed by atoms with Crippen molar-refractivity contribution in [3.8, 4) is 0 Å². The van der Waals surface area contributed by atoms with Crippen molar-refractivity contribution in [1.29, 1.82) is 0 Å². The number of hydrogen-bond donors (Lipinski definition) is 2. The minimum absolute atomic E-state index is 0.0387. The molecule has 13 heteroatoms. The number of nitrogens with one attached hydrogen (secondary N) is 1. The number of aliphatic carboxylic acids is 1. The molecular formula is C27H29BrF6N2O4. The van der Waals surface area contributed by atoms with Crippen LogP contribution in [0.5, 0.6) is 0 Å². The lowest BCUT2D eigenvalue weighted by Crippen LogP contribution is -2.48. The number of halogens is 7. The van der Waals surface area contributed by atoms with Crippen molar-refractivity contribution in [1.82, 2.24) is 10.2 Å². The van der Waals surface area contributed by atoms with E-state index >= 15 is 0 Å². The summed E-state index contributed by atoms with van der Waals surface area (Å²) in [6.07, 6.45) is -6.81. The summed E-state index contributed by atoms with van der Waals surface area (Å²) < 4.78 is 76.6. The summed E-state index contributed by atoms with van der Waals surface area (Å²) in [7, 11) is 0. The monoisotopic (exact) mass is 638 g/mol. The van der Waals surface area contributed by atoms with Crippen LogP contribution in [0.2, 0.25) is 0 Å². The van der Waals surface area contributed by atoms with Crippen LogP contribution in [0.15, 0.2) is 53.0 Å². The Morgan fingerprint density at radius 2 is 1.52 bits per heavy atom. The predicted molar refractivity (Wildman–Crippen MR) is 137 cm³/mol. The zero-order chi connectivity index (χ0) is 29.5. The van der Waals surface area contributed by atoms with Gasteiger partial charge < -0.3 is 15.2 Å². The maximum absolute atomic E-state index is 13.2. The molecule has 6 nitrogen and oxygen atoms in total. The van der Waals surface area contributed by atoms with E-state index in [0.29, 0.717) is 11.6 Å². The van der Waals surface area contributed by atoms with E-state index in [2.05, 4.69) is 38.3 Å². The number of carboxylic acids is 1. The summed E-state index contributed by atoms with van der Waals surface area (Å²) >= 11 is 3.48. The van der Waals surface area contributed by atoms with Crippen LogP contribution in [0.4, 0.5) is 26.3 Å². The van der Waals surface area contributed by atoms with Crippen LogP contribution in [-0.4, -0.2) is 60.4 Å². The number of rotatable bonds is 5. The second kappa shape index (κ2) is 13.8. The highest BCUT2D eigenvalue weighted by Crippen LogP contribution is 2.40. The third kappa shape index (κ3) is 9.20. The van der Waals surface area contributed by atoms with Crippen LogP contribution < -0.4 is 5.32 Å². The number of carboxylic acid groups (broad SMARTS) is 1. The van der Waals surface area contributed by atoms with E-state index in [0.717, 1.165) is 67.7 Å². The molecule has 0 unspecified atom stereocenters. The maximum Gasteiger partial charge on any atom is 0.490 e. The summed E-state index contributed by atoms with van der Waals surface area (Å²) in [4.78, 5) is 24.6. The quantitative estimate of drug-likeness (QED) is 0.393. The maximum atomic E-state index is 13.2. The lowest BCUT2D eigenvalue weighted by Gasteiger charge is -2.42. The highest BCUT2D eigenvalue weighted by atomic mass is 79.9. The first kappa shape index (κ1) is 31.9. The van der Waals surface area contributed by atoms with E-state index in [1.54, 1.807) is 0 Å². The molecule has 2 aromatic rings. The van der Waals surface area contributed by atoms with Gasteiger partial charge in [-0.05, 0) is 60.6 Å². The molecular weight excluding hydrogens is 610 g/mol. The van der Waals surface area contributed by atoms with Gasteiger partial charge in [0, 0.05) is 36.1 Å². The van der Waals surface area contributed by atoms with Crippen LogP contribution in [0.25, 0.3) is 0 Å². The molecule has 4 rings (SSSR count). The fourth-order valence-corrected chi connectivity index (χ4v) is 5.21. The molecule has 0 spiro atoms. The molecule has 0 radical (unpaired) electrons. The number of ether oxygens (including phenoxy) is 1. The Hall–Kier alpha value is -2.64. The molecule has 1 aliphatic heterocycles. The van der Waals surface area contributed by atoms with Crippen molar-refractivity contribution < 1.29 is 45.8 Å². The van der Waals surface area contributed by atoms with Gasteiger partial charge >= 0.3 is 18.3 Å². The molecule has 220 valence electrons. The van der Waals surface area contributed by atoms with Crippen molar-refractivity contribution in [3.05, 3.63) is 69.7 Å². The summed E-state index contributed by atoms with van der Waals surface area (Å²) in [5.74, 6) is -2.87. The Kier molecular flexibility index (Phi) is 11.0. The van der Waals surface area contributed by atoms with Gasteiger partial charge in [0.25, 0.3) is 0 Å². The van der Waals surface area contributed by atoms with E-state index in [-0.39, 0.29) is 24.3 Å². The molecule has 0 bridgehead atoms. The van der Waals surface area contributed by atoms with Crippen LogP contribution in [0.3, 0.4) is 0 Å². The standard InChI is InChI=1S/C25H28BrF3N2O2.C2HF3O2/c26-20-7-3-18(4-8-20)23-15-21(31-11-13-33-14-12-31)9-10-22(23)24(32)30-16-17-1-5-19(6-2-17)25(27,28)29;3-2(4,5)1(6)7/h1-8,21-23H,9-16H2,(H,30,32);(H,6,7)/t21-,22-,23+;/m1./s1. The minimum Gasteiger partial charge on any atom is -0.475 e. The highest BCUT2D eigenvalue weighted by molar-refractivity contribution is 9.10. The van der Waals surface area contributed by atoms with E-state index in [1.807, 2.05) is 12.1 Å². The molecule has 3 atom stereocenters. The predicted octanol–water partition coefficient (Wildman–Crippen LogP) is 6.00. The molecule has 40 heavy (non-hydrogen) atoms. The number of benzene rings is 2. The average Bonchev–Trinajstić information content (AvgIpc) is 2.92. The molecule has 1 saturated heterocycles. The van der Waals surface area contributed by atoms with Crippen LogP contribution in [0.1, 0.15) is 41.9 Å². The summed E-state index contributed by atoms with van der Waals surface area (Å²) in [6, 6.07) is 13.5. The average molecular weight is 639 g/mol. The van der Waals surface area contributed by atoms with Gasteiger partial charge in [0.15, 0.2) is 0 Å². The first-order valence-electron chi connectivity index (χ1n) is 12.6. The smallest absolute Gasteiger partial charge is 0.475 e. The number of morpholine rings is 1. The van der Waals surface area contributed by atoms with Crippen molar-refractivity contribution in [2.45, 2.75) is 50.1 Å². The normalized spacial score (nSPS) is 22.1. The fourth-order valence-electron chi connectivity index (χ4n) is 4.95. The minimum atomic E-state index is -5.08. The Bertz CT molecular complexity index is 1120.